The number of nitrogens with one attached hydrogen (secondary N) is 1. The van der Waals surface area contributed by atoms with E-state index in [4.69, 9.17) is 4.74 Å². The van der Waals surface area contributed by atoms with Crippen LogP contribution in [-0.4, -0.2) is 31.5 Å². The maximum absolute atomic E-state index is 11.9. The van der Waals surface area contributed by atoms with Crippen molar-refractivity contribution in [2.24, 2.45) is 0 Å². The van der Waals surface area contributed by atoms with E-state index in [-0.39, 0.29) is 12.5 Å². The Morgan fingerprint density at radius 2 is 2.12 bits per heavy atom. The molecule has 2 unspecified atom stereocenters. The minimum atomic E-state index is -4.03. The molecule has 0 radical (unpaired) electrons. The molecule has 0 aromatic heterocycles. The van der Waals surface area contributed by atoms with Crippen LogP contribution in [0.25, 0.3) is 0 Å². The van der Waals surface area contributed by atoms with Gasteiger partial charge in [0, 0.05) is 19.1 Å². The van der Waals surface area contributed by atoms with E-state index >= 15 is 0 Å². The smallest absolute Gasteiger partial charge is 0.378 e. The molecule has 0 spiro atoms. The summed E-state index contributed by atoms with van der Waals surface area (Å²) in [6.07, 6.45) is -0.296. The van der Waals surface area contributed by atoms with Crippen LogP contribution < -0.4 is 5.32 Å². The molecule has 1 heterocycles. The van der Waals surface area contributed by atoms with Crippen LogP contribution in [0.1, 0.15) is 45.4 Å². The van der Waals surface area contributed by atoms with E-state index in [2.05, 4.69) is 12.2 Å². The van der Waals surface area contributed by atoms with Gasteiger partial charge in [-0.25, -0.2) is 0 Å². The van der Waals surface area contributed by atoms with Gasteiger partial charge in [0.15, 0.2) is 0 Å². The molecule has 0 saturated carbocycles. The van der Waals surface area contributed by atoms with Crippen molar-refractivity contribution in [1.29, 1.82) is 0 Å². The Balaban J connectivity index is 2.10. The molecule has 0 bridgehead atoms. The van der Waals surface area contributed by atoms with Crippen molar-refractivity contribution >= 4 is 0 Å². The van der Waals surface area contributed by atoms with Gasteiger partial charge in [-0.1, -0.05) is 13.3 Å². The second-order valence-electron chi connectivity index (χ2n) is 4.68. The van der Waals surface area contributed by atoms with Crippen molar-refractivity contribution in [2.75, 3.05) is 13.2 Å². The van der Waals surface area contributed by atoms with Crippen LogP contribution in [0.15, 0.2) is 0 Å². The van der Waals surface area contributed by atoms with Crippen molar-refractivity contribution in [3.8, 4) is 0 Å². The minimum absolute atomic E-state index is 0.166. The molecule has 0 aromatic rings. The molecular weight excluding hydrogens is 231 g/mol. The van der Waals surface area contributed by atoms with Crippen LogP contribution >= 0.6 is 0 Å². The average molecular weight is 253 g/mol. The molecule has 1 fully saturated rings. The normalized spacial score (nSPS) is 26.1. The highest BCUT2D eigenvalue weighted by molar-refractivity contribution is 4.76. The molecule has 2 atom stereocenters. The Morgan fingerprint density at radius 1 is 1.35 bits per heavy atom. The average Bonchev–Trinajstić information content (AvgIpc) is 2.24. The van der Waals surface area contributed by atoms with Gasteiger partial charge in [-0.2, -0.15) is 13.2 Å². The molecule has 1 aliphatic heterocycles. The van der Waals surface area contributed by atoms with Crippen molar-refractivity contribution in [3.05, 3.63) is 0 Å². The Labute approximate surface area is 101 Å². The highest BCUT2D eigenvalue weighted by atomic mass is 19.4. The first kappa shape index (κ1) is 14.8. The lowest BCUT2D eigenvalue weighted by Gasteiger charge is -2.30. The summed E-state index contributed by atoms with van der Waals surface area (Å²) in [6, 6.07) is 0.327. The van der Waals surface area contributed by atoms with Gasteiger partial charge in [-0.3, -0.25) is 0 Å². The fourth-order valence-electron chi connectivity index (χ4n) is 2.18. The lowest BCUT2D eigenvalue weighted by atomic mass is 10.00. The number of hydrogen-bond acceptors (Lipinski definition) is 2. The second kappa shape index (κ2) is 7.21. The number of hydrogen-bond donors (Lipinski definition) is 1. The quantitative estimate of drug-likeness (QED) is 0.734. The van der Waals surface area contributed by atoms with Crippen molar-refractivity contribution < 1.29 is 17.9 Å². The third-order valence-electron chi connectivity index (χ3n) is 3.05. The molecule has 1 aliphatic rings. The Kier molecular flexibility index (Phi) is 6.27. The number of ether oxygens (including phenoxy) is 1. The highest BCUT2D eigenvalue weighted by Crippen LogP contribution is 2.21. The van der Waals surface area contributed by atoms with E-state index in [1.807, 2.05) is 0 Å². The molecule has 102 valence electrons. The zero-order chi connectivity index (χ0) is 12.7. The number of alkyl halides is 3. The van der Waals surface area contributed by atoms with E-state index < -0.39 is 12.6 Å². The monoisotopic (exact) mass is 253 g/mol. The Morgan fingerprint density at radius 3 is 2.76 bits per heavy atom. The predicted molar refractivity (Wildman–Crippen MR) is 61.0 cm³/mol. The third kappa shape index (κ3) is 6.88. The molecule has 1 saturated heterocycles. The predicted octanol–water partition coefficient (Wildman–Crippen LogP) is 3.27. The summed E-state index contributed by atoms with van der Waals surface area (Å²) >= 11 is 0. The van der Waals surface area contributed by atoms with Gasteiger partial charge in [0.05, 0.1) is 6.10 Å². The maximum atomic E-state index is 11.9. The molecule has 17 heavy (non-hydrogen) atoms. The lowest BCUT2D eigenvalue weighted by molar-refractivity contribution is -0.135. The van der Waals surface area contributed by atoms with Gasteiger partial charge in [0.1, 0.15) is 0 Å². The van der Waals surface area contributed by atoms with Gasteiger partial charge >= 0.3 is 6.18 Å². The number of rotatable bonds is 6. The van der Waals surface area contributed by atoms with Gasteiger partial charge < -0.3 is 10.1 Å². The fourth-order valence-corrected chi connectivity index (χ4v) is 2.18. The first-order chi connectivity index (χ1) is 8.01. The van der Waals surface area contributed by atoms with Gasteiger partial charge in [0.2, 0.25) is 0 Å². The number of halogens is 3. The SMILES string of the molecule is CCCC1CC(NCCCC(F)(F)F)CCO1. The van der Waals surface area contributed by atoms with Crippen molar-refractivity contribution in [3.63, 3.8) is 0 Å². The van der Waals surface area contributed by atoms with E-state index in [1.165, 1.54) is 0 Å². The molecular formula is C12H22F3NO. The zero-order valence-corrected chi connectivity index (χ0v) is 10.4. The van der Waals surface area contributed by atoms with Crippen molar-refractivity contribution in [2.45, 2.75) is 63.8 Å². The molecule has 1 N–H and O–H groups in total. The Hall–Kier alpha value is -0.290. The van der Waals surface area contributed by atoms with Crippen LogP contribution in [0.5, 0.6) is 0 Å². The highest BCUT2D eigenvalue weighted by Gasteiger charge is 2.26. The van der Waals surface area contributed by atoms with E-state index in [0.29, 0.717) is 12.6 Å². The van der Waals surface area contributed by atoms with Crippen LogP contribution in [0.3, 0.4) is 0 Å². The molecule has 5 heteroatoms. The summed E-state index contributed by atoms with van der Waals surface area (Å²) < 4.78 is 41.4. The third-order valence-corrected chi connectivity index (χ3v) is 3.05. The standard InChI is InChI=1S/C12H22F3NO/c1-2-4-11-9-10(5-8-17-11)16-7-3-6-12(13,14)15/h10-11,16H,2-9H2,1H3. The van der Waals surface area contributed by atoms with Crippen LogP contribution in [0.4, 0.5) is 13.2 Å². The second-order valence-corrected chi connectivity index (χ2v) is 4.68. The molecule has 0 aliphatic carbocycles. The molecule has 2 nitrogen and oxygen atoms in total. The van der Waals surface area contributed by atoms with E-state index in [9.17, 15) is 13.2 Å². The summed E-state index contributed by atoms with van der Waals surface area (Å²) in [7, 11) is 0. The van der Waals surface area contributed by atoms with Crippen LogP contribution in [-0.2, 0) is 4.74 Å². The molecule has 1 rings (SSSR count). The van der Waals surface area contributed by atoms with Gasteiger partial charge in [-0.15, -0.1) is 0 Å². The summed E-state index contributed by atoms with van der Waals surface area (Å²) in [5.41, 5.74) is 0. The van der Waals surface area contributed by atoms with Crippen LogP contribution in [0.2, 0.25) is 0 Å². The summed E-state index contributed by atoms with van der Waals surface area (Å²) in [5.74, 6) is 0. The molecule has 0 amide bonds. The van der Waals surface area contributed by atoms with E-state index in [0.717, 1.165) is 32.3 Å². The molecule has 0 aromatic carbocycles. The van der Waals surface area contributed by atoms with E-state index in [1.54, 1.807) is 0 Å². The zero-order valence-electron chi connectivity index (χ0n) is 10.4. The van der Waals surface area contributed by atoms with Crippen LogP contribution in [0, 0.1) is 0 Å². The first-order valence-corrected chi connectivity index (χ1v) is 6.43. The van der Waals surface area contributed by atoms with Gasteiger partial charge in [-0.05, 0) is 32.2 Å². The largest absolute Gasteiger partial charge is 0.389 e. The van der Waals surface area contributed by atoms with Gasteiger partial charge in [0.25, 0.3) is 0 Å². The fraction of sp³-hybridized carbons (Fsp3) is 1.00. The summed E-state index contributed by atoms with van der Waals surface area (Å²) in [5, 5.41) is 3.20. The lowest BCUT2D eigenvalue weighted by Crippen LogP contribution is -2.39. The minimum Gasteiger partial charge on any atom is -0.378 e. The summed E-state index contributed by atoms with van der Waals surface area (Å²) in [4.78, 5) is 0. The van der Waals surface area contributed by atoms with Crippen molar-refractivity contribution in [1.82, 2.24) is 5.32 Å². The Bertz CT molecular complexity index is 206. The maximum Gasteiger partial charge on any atom is 0.389 e. The summed E-state index contributed by atoms with van der Waals surface area (Å²) in [6.45, 7) is 3.29. The topological polar surface area (TPSA) is 21.3 Å². The first-order valence-electron chi connectivity index (χ1n) is 6.43.